The first-order valence-electron chi connectivity index (χ1n) is 10.3. The molecule has 2 aromatic rings. The van der Waals surface area contributed by atoms with E-state index in [1.165, 1.54) is 6.07 Å². The molecule has 7 heteroatoms. The number of pyridine rings is 1. The maximum Gasteiger partial charge on any atom is 0.265 e. The molecule has 2 aliphatic rings. The van der Waals surface area contributed by atoms with Crippen molar-refractivity contribution in [1.29, 1.82) is 0 Å². The normalized spacial score (nSPS) is 18.8. The number of ether oxygens (including phenoxy) is 1. The Labute approximate surface area is 175 Å². The number of likely N-dealkylation sites (tertiary alicyclic amines) is 1. The molecule has 0 N–H and O–H groups in total. The number of aromatic nitrogens is 1. The number of amides is 2. The zero-order valence-electron chi connectivity index (χ0n) is 17.6. The Bertz CT molecular complexity index is 987. The lowest BCUT2D eigenvalue weighted by Gasteiger charge is -2.34. The van der Waals surface area contributed by atoms with E-state index in [2.05, 4.69) is 4.98 Å². The minimum absolute atomic E-state index is 0.0285. The summed E-state index contributed by atoms with van der Waals surface area (Å²) >= 11 is 0. The second kappa shape index (κ2) is 8.05. The lowest BCUT2D eigenvalue weighted by molar-refractivity contribution is -0.130. The second-order valence-corrected chi connectivity index (χ2v) is 8.12. The van der Waals surface area contributed by atoms with E-state index in [-0.39, 0.29) is 30.1 Å². The number of hydrogen-bond donors (Lipinski definition) is 0. The largest absolute Gasteiger partial charge is 0.478 e. The number of anilines is 1. The molecule has 1 unspecified atom stereocenters. The van der Waals surface area contributed by atoms with Crippen molar-refractivity contribution in [2.45, 2.75) is 46.1 Å². The summed E-state index contributed by atoms with van der Waals surface area (Å²) in [4.78, 5) is 32.3. The van der Waals surface area contributed by atoms with Gasteiger partial charge in [-0.15, -0.1) is 0 Å². The molecule has 1 aromatic heterocycles. The quantitative estimate of drug-likeness (QED) is 0.776. The minimum atomic E-state index is -0.473. The predicted molar refractivity (Wildman–Crippen MR) is 111 cm³/mol. The molecule has 1 saturated heterocycles. The molecule has 1 aromatic carbocycles. The Balaban J connectivity index is 1.71. The topological polar surface area (TPSA) is 62.7 Å². The van der Waals surface area contributed by atoms with E-state index in [1.807, 2.05) is 26.0 Å². The fourth-order valence-corrected chi connectivity index (χ4v) is 4.36. The van der Waals surface area contributed by atoms with Crippen LogP contribution in [0.25, 0.3) is 0 Å². The Kier molecular flexibility index (Phi) is 5.45. The van der Waals surface area contributed by atoms with Gasteiger partial charge in [-0.25, -0.2) is 4.39 Å². The van der Waals surface area contributed by atoms with Gasteiger partial charge >= 0.3 is 0 Å². The lowest BCUT2D eigenvalue weighted by atomic mass is 9.89. The zero-order valence-corrected chi connectivity index (χ0v) is 17.6. The molecule has 158 valence electrons. The van der Waals surface area contributed by atoms with Gasteiger partial charge in [0.25, 0.3) is 5.91 Å². The lowest BCUT2D eigenvalue weighted by Crippen LogP contribution is -2.40. The number of carbonyl (C=O) groups excluding carboxylic acids is 2. The molecule has 30 heavy (non-hydrogen) atoms. The average molecular weight is 411 g/mol. The fraction of sp³-hybridized carbons (Fsp3) is 0.435. The van der Waals surface area contributed by atoms with Crippen LogP contribution in [0.1, 0.15) is 48.1 Å². The summed E-state index contributed by atoms with van der Waals surface area (Å²) in [5.74, 6) is -0.518. The summed E-state index contributed by atoms with van der Waals surface area (Å²) in [7, 11) is 0. The van der Waals surface area contributed by atoms with Crippen LogP contribution in [-0.4, -0.2) is 41.4 Å². The van der Waals surface area contributed by atoms with Crippen molar-refractivity contribution in [2.75, 3.05) is 24.6 Å². The van der Waals surface area contributed by atoms with Crippen LogP contribution >= 0.6 is 0 Å². The molecule has 4 rings (SSSR count). The summed E-state index contributed by atoms with van der Waals surface area (Å²) < 4.78 is 20.4. The number of halogens is 1. The van der Waals surface area contributed by atoms with Crippen molar-refractivity contribution in [1.82, 2.24) is 9.88 Å². The summed E-state index contributed by atoms with van der Waals surface area (Å²) in [5.41, 5.74) is 4.06. The maximum atomic E-state index is 15.0. The molecule has 0 saturated carbocycles. The van der Waals surface area contributed by atoms with E-state index in [0.717, 1.165) is 41.8 Å². The number of fused-ring (bicyclic) bond motifs is 1. The molecule has 1 atom stereocenters. The van der Waals surface area contributed by atoms with E-state index in [1.54, 1.807) is 22.9 Å². The molecule has 6 nitrogen and oxygen atoms in total. The Morgan fingerprint density at radius 1 is 1.33 bits per heavy atom. The van der Waals surface area contributed by atoms with Gasteiger partial charge in [0.05, 0.1) is 12.2 Å². The highest BCUT2D eigenvalue weighted by atomic mass is 19.1. The highest BCUT2D eigenvalue weighted by Gasteiger charge is 2.31. The van der Waals surface area contributed by atoms with Crippen LogP contribution in [0.4, 0.5) is 10.1 Å². The van der Waals surface area contributed by atoms with E-state index in [0.29, 0.717) is 18.8 Å². The number of aryl methyl sites for hydroxylation is 2. The number of carbonyl (C=O) groups is 2. The van der Waals surface area contributed by atoms with Crippen molar-refractivity contribution in [3.05, 3.63) is 52.6 Å². The fourth-order valence-electron chi connectivity index (χ4n) is 4.36. The van der Waals surface area contributed by atoms with Gasteiger partial charge in [0.1, 0.15) is 0 Å². The van der Waals surface area contributed by atoms with E-state index in [4.69, 9.17) is 4.74 Å². The van der Waals surface area contributed by atoms with Crippen LogP contribution < -0.4 is 9.64 Å². The van der Waals surface area contributed by atoms with Gasteiger partial charge in [-0.05, 0) is 61.6 Å². The first-order chi connectivity index (χ1) is 14.3. The number of benzene rings is 1. The molecule has 2 aliphatic heterocycles. The van der Waals surface area contributed by atoms with Gasteiger partial charge in [-0.1, -0.05) is 0 Å². The monoisotopic (exact) mass is 411 g/mol. The first-order valence-corrected chi connectivity index (χ1v) is 10.3. The summed E-state index contributed by atoms with van der Waals surface area (Å²) in [6.07, 6.45) is 3.48. The van der Waals surface area contributed by atoms with Gasteiger partial charge in [0, 0.05) is 37.8 Å². The van der Waals surface area contributed by atoms with Crippen molar-refractivity contribution < 1.29 is 18.7 Å². The van der Waals surface area contributed by atoms with Gasteiger partial charge in [0.2, 0.25) is 5.91 Å². The van der Waals surface area contributed by atoms with E-state index in [9.17, 15) is 14.0 Å². The minimum Gasteiger partial charge on any atom is -0.478 e. The van der Waals surface area contributed by atoms with Crippen molar-refractivity contribution in [2.24, 2.45) is 0 Å². The second-order valence-electron chi connectivity index (χ2n) is 8.12. The van der Waals surface area contributed by atoms with Crippen LogP contribution in [0, 0.1) is 19.7 Å². The average Bonchev–Trinajstić information content (AvgIpc) is 2.72. The Morgan fingerprint density at radius 3 is 2.87 bits per heavy atom. The highest BCUT2D eigenvalue weighted by Crippen LogP contribution is 2.40. The molecule has 0 bridgehead atoms. The summed E-state index contributed by atoms with van der Waals surface area (Å²) in [6, 6.07) is 5.25. The van der Waals surface area contributed by atoms with E-state index < -0.39 is 5.82 Å². The van der Waals surface area contributed by atoms with Gasteiger partial charge < -0.3 is 14.5 Å². The molecule has 0 radical (unpaired) electrons. The number of hydrogen-bond acceptors (Lipinski definition) is 4. The number of piperidine rings is 1. The van der Waals surface area contributed by atoms with Crippen molar-refractivity contribution >= 4 is 17.5 Å². The zero-order chi connectivity index (χ0) is 21.4. The standard InChI is InChI=1S/C23H26FN3O3/c1-14-6-7-25-15(2)19(14)12-27-21-10-18(9-20(24)23(21)30-13-22(27)29)17-5-4-8-26(11-17)16(3)28/h6-7,9-10,17H,4-5,8,11-13H2,1-3H3. The maximum absolute atomic E-state index is 15.0. The third-order valence-corrected chi connectivity index (χ3v) is 6.14. The van der Waals surface area contributed by atoms with Crippen LogP contribution in [0.15, 0.2) is 24.4 Å². The molecule has 1 fully saturated rings. The summed E-state index contributed by atoms with van der Waals surface area (Å²) in [6.45, 7) is 6.85. The Morgan fingerprint density at radius 2 is 2.13 bits per heavy atom. The van der Waals surface area contributed by atoms with Crippen LogP contribution in [0.2, 0.25) is 0 Å². The Hall–Kier alpha value is -2.96. The SMILES string of the molecule is CC(=O)N1CCCC(c2cc(F)c3c(c2)N(Cc2c(C)ccnc2C)C(=O)CO3)C1. The molecular formula is C23H26FN3O3. The van der Waals surface area contributed by atoms with E-state index >= 15 is 0 Å². The molecule has 0 aliphatic carbocycles. The van der Waals surface area contributed by atoms with Crippen LogP contribution in [-0.2, 0) is 16.1 Å². The first kappa shape index (κ1) is 20.3. The molecule has 2 amide bonds. The summed E-state index contributed by atoms with van der Waals surface area (Å²) in [5, 5.41) is 0. The molecular weight excluding hydrogens is 385 g/mol. The van der Waals surface area contributed by atoms with Gasteiger partial charge in [0.15, 0.2) is 18.2 Å². The van der Waals surface area contributed by atoms with Gasteiger partial charge in [-0.2, -0.15) is 0 Å². The molecule has 3 heterocycles. The highest BCUT2D eigenvalue weighted by molar-refractivity contribution is 5.98. The van der Waals surface area contributed by atoms with Crippen LogP contribution in [0.3, 0.4) is 0 Å². The van der Waals surface area contributed by atoms with Crippen LogP contribution in [0.5, 0.6) is 5.75 Å². The number of nitrogens with zero attached hydrogens (tertiary/aromatic N) is 3. The molecule has 0 spiro atoms. The van der Waals surface area contributed by atoms with Crippen molar-refractivity contribution in [3.8, 4) is 5.75 Å². The van der Waals surface area contributed by atoms with Gasteiger partial charge in [-0.3, -0.25) is 14.6 Å². The predicted octanol–water partition coefficient (Wildman–Crippen LogP) is 3.49. The smallest absolute Gasteiger partial charge is 0.265 e. The third kappa shape index (κ3) is 3.76. The number of rotatable bonds is 3. The van der Waals surface area contributed by atoms with Crippen molar-refractivity contribution in [3.63, 3.8) is 0 Å². The third-order valence-electron chi connectivity index (χ3n) is 6.14.